The topological polar surface area (TPSA) is 43.4 Å². The molecule has 6 heteroatoms. The third kappa shape index (κ3) is 2.41. The fourth-order valence-corrected chi connectivity index (χ4v) is 0.949. The quantitative estimate of drug-likeness (QED) is 0.781. The van der Waals surface area contributed by atoms with Gasteiger partial charge < -0.3 is 4.74 Å². The van der Waals surface area contributed by atoms with Crippen molar-refractivity contribution in [3.05, 3.63) is 30.3 Å². The minimum Gasteiger partial charge on any atom is -0.421 e. The van der Waals surface area contributed by atoms with Crippen LogP contribution in [0.3, 0.4) is 0 Å². The Kier molecular flexibility index (Phi) is 2.75. The Labute approximate surface area is 80.2 Å². The standard InChI is InChI=1S/C8H8F2O3S/c1-14(11,12)8(9,10)13-7-5-3-2-4-6-7/h2-6H,1H3. The molecule has 0 saturated carbocycles. The van der Waals surface area contributed by atoms with Gasteiger partial charge in [-0.05, 0) is 12.1 Å². The van der Waals surface area contributed by atoms with Crippen molar-refractivity contribution < 1.29 is 21.9 Å². The van der Waals surface area contributed by atoms with E-state index in [0.29, 0.717) is 6.26 Å². The normalized spacial score (nSPS) is 12.5. The molecule has 0 radical (unpaired) electrons. The van der Waals surface area contributed by atoms with Crippen molar-refractivity contribution in [1.82, 2.24) is 0 Å². The minimum atomic E-state index is -4.56. The summed E-state index contributed by atoms with van der Waals surface area (Å²) in [6.07, 6.45) is 0.413. The summed E-state index contributed by atoms with van der Waals surface area (Å²) in [5, 5.41) is 0. The van der Waals surface area contributed by atoms with Crippen LogP contribution in [0.25, 0.3) is 0 Å². The molecule has 1 aromatic rings. The number of para-hydroxylation sites is 1. The molecule has 0 amide bonds. The highest BCUT2D eigenvalue weighted by Crippen LogP contribution is 2.25. The first kappa shape index (κ1) is 10.9. The van der Waals surface area contributed by atoms with Gasteiger partial charge in [-0.15, -0.1) is 8.78 Å². The Balaban J connectivity index is 2.90. The van der Waals surface area contributed by atoms with Crippen molar-refractivity contribution in [2.45, 2.75) is 5.44 Å². The second kappa shape index (κ2) is 3.53. The number of sulfone groups is 1. The summed E-state index contributed by atoms with van der Waals surface area (Å²) in [5.41, 5.74) is -4.19. The lowest BCUT2D eigenvalue weighted by atomic mass is 10.3. The summed E-state index contributed by atoms with van der Waals surface area (Å²) in [6, 6.07) is 7.03. The van der Waals surface area contributed by atoms with Gasteiger partial charge in [-0.2, -0.15) is 0 Å². The Hall–Kier alpha value is -1.17. The molecule has 1 aromatic carbocycles. The Bertz CT molecular complexity index is 400. The third-order valence-electron chi connectivity index (χ3n) is 1.41. The van der Waals surface area contributed by atoms with Crippen LogP contribution in [0.5, 0.6) is 5.75 Å². The molecule has 14 heavy (non-hydrogen) atoms. The lowest BCUT2D eigenvalue weighted by molar-refractivity contribution is -0.0966. The van der Waals surface area contributed by atoms with Crippen LogP contribution in [0, 0.1) is 0 Å². The number of rotatable bonds is 3. The first-order chi connectivity index (χ1) is 6.33. The molecule has 3 nitrogen and oxygen atoms in total. The Morgan fingerprint density at radius 3 is 2.14 bits per heavy atom. The Morgan fingerprint density at radius 1 is 1.21 bits per heavy atom. The van der Waals surface area contributed by atoms with Crippen LogP contribution >= 0.6 is 0 Å². The largest absolute Gasteiger partial charge is 0.508 e. The predicted octanol–water partition coefficient (Wildman–Crippen LogP) is 1.66. The fraction of sp³-hybridized carbons (Fsp3) is 0.250. The van der Waals surface area contributed by atoms with Crippen molar-refractivity contribution in [2.24, 2.45) is 0 Å². The van der Waals surface area contributed by atoms with Crippen LogP contribution in [-0.2, 0) is 9.84 Å². The summed E-state index contributed by atoms with van der Waals surface area (Å²) in [6.45, 7) is 0. The van der Waals surface area contributed by atoms with Crippen LogP contribution in [0.15, 0.2) is 30.3 Å². The zero-order chi connectivity index (χ0) is 10.8. The van der Waals surface area contributed by atoms with Gasteiger partial charge in [0.25, 0.3) is 9.84 Å². The number of benzene rings is 1. The number of ether oxygens (including phenoxy) is 1. The van der Waals surface area contributed by atoms with Crippen LogP contribution in [0.1, 0.15) is 0 Å². The molecule has 1 rings (SSSR count). The molecule has 0 aromatic heterocycles. The van der Waals surface area contributed by atoms with Crippen molar-refractivity contribution in [3.8, 4) is 5.75 Å². The smallest absolute Gasteiger partial charge is 0.421 e. The summed E-state index contributed by atoms with van der Waals surface area (Å²) in [7, 11) is -4.56. The fourth-order valence-electron chi connectivity index (χ4n) is 0.701. The summed E-state index contributed by atoms with van der Waals surface area (Å²) in [5.74, 6) is -0.192. The average molecular weight is 222 g/mol. The SMILES string of the molecule is CS(=O)(=O)C(F)(F)Oc1ccccc1. The van der Waals surface area contributed by atoms with E-state index in [1.54, 1.807) is 6.07 Å². The number of hydrogen-bond donors (Lipinski definition) is 0. The molecule has 0 unspecified atom stereocenters. The second-order valence-corrected chi connectivity index (χ2v) is 4.67. The van der Waals surface area contributed by atoms with Gasteiger partial charge in [-0.3, -0.25) is 0 Å². The van der Waals surface area contributed by atoms with Crippen molar-refractivity contribution >= 4 is 9.84 Å². The highest BCUT2D eigenvalue weighted by molar-refractivity contribution is 7.91. The summed E-state index contributed by atoms with van der Waals surface area (Å²) < 4.78 is 50.8. The van der Waals surface area contributed by atoms with Crippen LogP contribution in [-0.4, -0.2) is 20.1 Å². The summed E-state index contributed by atoms with van der Waals surface area (Å²) in [4.78, 5) is 0. The Morgan fingerprint density at radius 2 is 1.71 bits per heavy atom. The van der Waals surface area contributed by atoms with Gasteiger partial charge in [-0.25, -0.2) is 8.42 Å². The molecule has 0 aliphatic rings. The van der Waals surface area contributed by atoms with Gasteiger partial charge in [0.05, 0.1) is 0 Å². The monoisotopic (exact) mass is 222 g/mol. The van der Waals surface area contributed by atoms with E-state index in [2.05, 4.69) is 4.74 Å². The van der Waals surface area contributed by atoms with Gasteiger partial charge in [0.1, 0.15) is 5.75 Å². The van der Waals surface area contributed by atoms with Gasteiger partial charge in [0, 0.05) is 6.26 Å². The molecule has 0 atom stereocenters. The molecular weight excluding hydrogens is 214 g/mol. The molecule has 0 N–H and O–H groups in total. The molecule has 0 bridgehead atoms. The average Bonchev–Trinajstić information content (AvgIpc) is 2.03. The van der Waals surface area contributed by atoms with Crippen LogP contribution < -0.4 is 4.74 Å². The molecule has 0 saturated heterocycles. The predicted molar refractivity (Wildman–Crippen MR) is 46.9 cm³/mol. The maximum absolute atomic E-state index is 12.8. The van der Waals surface area contributed by atoms with E-state index in [1.807, 2.05) is 0 Å². The van der Waals surface area contributed by atoms with E-state index in [1.165, 1.54) is 24.3 Å². The van der Waals surface area contributed by atoms with E-state index in [9.17, 15) is 17.2 Å². The molecule has 0 heterocycles. The van der Waals surface area contributed by atoms with Gasteiger partial charge in [-0.1, -0.05) is 18.2 Å². The maximum atomic E-state index is 12.8. The first-order valence-corrected chi connectivity index (χ1v) is 5.53. The van der Waals surface area contributed by atoms with E-state index >= 15 is 0 Å². The van der Waals surface area contributed by atoms with Crippen LogP contribution in [0.2, 0.25) is 0 Å². The molecule has 78 valence electrons. The van der Waals surface area contributed by atoms with E-state index in [0.717, 1.165) is 0 Å². The lowest BCUT2D eigenvalue weighted by Gasteiger charge is -2.15. The molecular formula is C8H8F2O3S. The number of alkyl halides is 2. The van der Waals surface area contributed by atoms with E-state index in [-0.39, 0.29) is 5.75 Å². The highest BCUT2D eigenvalue weighted by Gasteiger charge is 2.44. The van der Waals surface area contributed by atoms with Crippen molar-refractivity contribution in [2.75, 3.05) is 6.26 Å². The first-order valence-electron chi connectivity index (χ1n) is 3.64. The van der Waals surface area contributed by atoms with E-state index < -0.39 is 15.3 Å². The van der Waals surface area contributed by atoms with Gasteiger partial charge in [0.2, 0.25) is 0 Å². The van der Waals surface area contributed by atoms with E-state index in [4.69, 9.17) is 0 Å². The van der Waals surface area contributed by atoms with Crippen molar-refractivity contribution in [1.29, 1.82) is 0 Å². The van der Waals surface area contributed by atoms with Crippen LogP contribution in [0.4, 0.5) is 8.78 Å². The number of halogens is 2. The van der Waals surface area contributed by atoms with Gasteiger partial charge >= 0.3 is 5.44 Å². The minimum absolute atomic E-state index is 0.192. The van der Waals surface area contributed by atoms with Gasteiger partial charge in [0.15, 0.2) is 0 Å². The molecule has 0 spiro atoms. The maximum Gasteiger partial charge on any atom is 0.508 e. The van der Waals surface area contributed by atoms with Crippen molar-refractivity contribution in [3.63, 3.8) is 0 Å². The molecule has 0 aliphatic heterocycles. The zero-order valence-corrected chi connectivity index (χ0v) is 8.09. The molecule has 0 fully saturated rings. The third-order valence-corrected chi connectivity index (χ3v) is 2.36. The second-order valence-electron chi connectivity index (χ2n) is 2.65. The molecule has 0 aliphatic carbocycles. The zero-order valence-electron chi connectivity index (χ0n) is 7.28. The highest BCUT2D eigenvalue weighted by atomic mass is 32.2. The lowest BCUT2D eigenvalue weighted by Crippen LogP contribution is -2.34. The summed E-state index contributed by atoms with van der Waals surface area (Å²) >= 11 is 0. The number of hydrogen-bond acceptors (Lipinski definition) is 3.